The van der Waals surface area contributed by atoms with Gasteiger partial charge in [0.15, 0.2) is 5.84 Å². The molecule has 0 fully saturated rings. The largest absolute Gasteiger partial charge is 0.409 e. The van der Waals surface area contributed by atoms with Crippen LogP contribution in [0.5, 0.6) is 0 Å². The summed E-state index contributed by atoms with van der Waals surface area (Å²) in [4.78, 5) is 4.12. The van der Waals surface area contributed by atoms with Crippen LogP contribution >= 0.6 is 11.8 Å². The first kappa shape index (κ1) is 11.8. The van der Waals surface area contributed by atoms with Gasteiger partial charge in [-0.3, -0.25) is 0 Å². The Balaban J connectivity index is 2.96. The van der Waals surface area contributed by atoms with Crippen LogP contribution in [0.25, 0.3) is 0 Å². The van der Waals surface area contributed by atoms with Crippen molar-refractivity contribution >= 4 is 17.6 Å². The summed E-state index contributed by atoms with van der Waals surface area (Å²) in [5, 5.41) is 21.1. The fraction of sp³-hybridized carbons (Fsp3) is 0.333. The molecule has 1 unspecified atom stereocenters. The molecular formula is C9H13N3O2S. The van der Waals surface area contributed by atoms with Crippen molar-refractivity contribution in [2.24, 2.45) is 10.9 Å². The quantitative estimate of drug-likeness (QED) is 0.231. The van der Waals surface area contributed by atoms with E-state index in [-0.39, 0.29) is 17.7 Å². The molecule has 1 rings (SSSR count). The standard InChI is InChI=1S/C9H13N3O2S/c1-6(5-13)15-9-7(8(10)12-14)3-2-4-11-9/h2-4,6,13-14H,5H2,1H3,(H2,10,12). The number of aliphatic hydroxyl groups excluding tert-OH is 1. The summed E-state index contributed by atoms with van der Waals surface area (Å²) in [5.74, 6) is 0.0238. The molecule has 0 aliphatic carbocycles. The number of oxime groups is 1. The van der Waals surface area contributed by atoms with Gasteiger partial charge in [0.2, 0.25) is 0 Å². The third-order valence-corrected chi connectivity index (χ3v) is 2.82. The number of hydrogen-bond donors (Lipinski definition) is 3. The van der Waals surface area contributed by atoms with Crippen molar-refractivity contribution in [2.75, 3.05) is 6.61 Å². The van der Waals surface area contributed by atoms with Crippen molar-refractivity contribution in [3.8, 4) is 0 Å². The summed E-state index contributed by atoms with van der Waals surface area (Å²) in [6.45, 7) is 1.92. The molecule has 6 heteroatoms. The van der Waals surface area contributed by atoms with Crippen LogP contribution in [0, 0.1) is 0 Å². The molecule has 0 saturated heterocycles. The van der Waals surface area contributed by atoms with Crippen LogP contribution < -0.4 is 5.73 Å². The third-order valence-electron chi connectivity index (χ3n) is 1.72. The number of pyridine rings is 1. The number of hydrogen-bond acceptors (Lipinski definition) is 5. The van der Waals surface area contributed by atoms with E-state index in [1.165, 1.54) is 11.8 Å². The maximum Gasteiger partial charge on any atom is 0.172 e. The van der Waals surface area contributed by atoms with Gasteiger partial charge in [-0.05, 0) is 12.1 Å². The highest BCUT2D eigenvalue weighted by molar-refractivity contribution is 7.99. The van der Waals surface area contributed by atoms with Crippen LogP contribution in [0.15, 0.2) is 28.5 Å². The van der Waals surface area contributed by atoms with Crippen molar-refractivity contribution in [3.63, 3.8) is 0 Å². The molecule has 4 N–H and O–H groups in total. The summed E-state index contributed by atoms with van der Waals surface area (Å²) < 4.78 is 0. The van der Waals surface area contributed by atoms with E-state index >= 15 is 0 Å². The van der Waals surface area contributed by atoms with Crippen molar-refractivity contribution < 1.29 is 10.3 Å². The summed E-state index contributed by atoms with van der Waals surface area (Å²) in [5.41, 5.74) is 6.07. The van der Waals surface area contributed by atoms with E-state index in [2.05, 4.69) is 10.1 Å². The number of aromatic nitrogens is 1. The molecule has 1 aromatic rings. The predicted octanol–water partition coefficient (Wildman–Crippen LogP) is 0.649. The summed E-state index contributed by atoms with van der Waals surface area (Å²) >= 11 is 1.38. The number of nitrogens with zero attached hydrogens (tertiary/aromatic N) is 2. The maximum atomic E-state index is 8.92. The highest BCUT2D eigenvalue weighted by Crippen LogP contribution is 2.23. The van der Waals surface area contributed by atoms with Crippen LogP contribution in [0.4, 0.5) is 0 Å². The first-order chi connectivity index (χ1) is 7.19. The molecule has 15 heavy (non-hydrogen) atoms. The average Bonchev–Trinajstić information content (AvgIpc) is 2.28. The van der Waals surface area contributed by atoms with Gasteiger partial charge in [-0.25, -0.2) is 4.98 Å². The van der Waals surface area contributed by atoms with Gasteiger partial charge >= 0.3 is 0 Å². The van der Waals surface area contributed by atoms with Crippen LogP contribution in [0.2, 0.25) is 0 Å². The first-order valence-corrected chi connectivity index (χ1v) is 5.27. The maximum absolute atomic E-state index is 8.92. The molecule has 0 aliphatic rings. The number of thioether (sulfide) groups is 1. The average molecular weight is 227 g/mol. The minimum absolute atomic E-state index is 0.0187. The molecule has 0 radical (unpaired) electrons. The highest BCUT2D eigenvalue weighted by Gasteiger charge is 2.11. The summed E-state index contributed by atoms with van der Waals surface area (Å²) in [7, 11) is 0. The predicted molar refractivity (Wildman–Crippen MR) is 59.2 cm³/mol. The van der Waals surface area contributed by atoms with E-state index in [1.54, 1.807) is 18.3 Å². The molecule has 0 bridgehead atoms. The second-order valence-corrected chi connectivity index (χ2v) is 4.38. The normalized spacial score (nSPS) is 13.9. The van der Waals surface area contributed by atoms with Crippen LogP contribution in [-0.4, -0.2) is 33.0 Å². The van der Waals surface area contributed by atoms with Crippen LogP contribution in [0.1, 0.15) is 12.5 Å². The molecule has 0 amide bonds. The van der Waals surface area contributed by atoms with E-state index in [4.69, 9.17) is 16.0 Å². The van der Waals surface area contributed by atoms with E-state index in [9.17, 15) is 0 Å². The van der Waals surface area contributed by atoms with E-state index < -0.39 is 0 Å². The monoisotopic (exact) mass is 227 g/mol. The number of aliphatic hydroxyl groups is 1. The fourth-order valence-corrected chi connectivity index (χ4v) is 1.84. The number of rotatable bonds is 4. The first-order valence-electron chi connectivity index (χ1n) is 4.39. The smallest absolute Gasteiger partial charge is 0.172 e. The van der Waals surface area contributed by atoms with Gasteiger partial charge in [0.1, 0.15) is 5.03 Å². The van der Waals surface area contributed by atoms with E-state index in [1.807, 2.05) is 6.92 Å². The Labute approximate surface area is 92.0 Å². The molecule has 0 aliphatic heterocycles. The number of nitrogens with two attached hydrogens (primary N) is 1. The topological polar surface area (TPSA) is 91.7 Å². The Morgan fingerprint density at radius 2 is 2.47 bits per heavy atom. The Kier molecular flexibility index (Phi) is 4.38. The Morgan fingerprint density at radius 3 is 3.07 bits per heavy atom. The van der Waals surface area contributed by atoms with Gasteiger partial charge in [0, 0.05) is 11.4 Å². The SMILES string of the molecule is CC(CO)Sc1ncccc1/C(N)=N/O. The van der Waals surface area contributed by atoms with Crippen LogP contribution in [0.3, 0.4) is 0 Å². The Hall–Kier alpha value is -1.27. The van der Waals surface area contributed by atoms with Crippen molar-refractivity contribution in [2.45, 2.75) is 17.2 Å². The van der Waals surface area contributed by atoms with Gasteiger partial charge in [0.25, 0.3) is 0 Å². The van der Waals surface area contributed by atoms with Gasteiger partial charge in [0.05, 0.1) is 12.2 Å². The van der Waals surface area contributed by atoms with Gasteiger partial charge in [-0.15, -0.1) is 11.8 Å². The van der Waals surface area contributed by atoms with Crippen molar-refractivity contribution in [1.29, 1.82) is 0 Å². The Bertz CT molecular complexity index is 357. The highest BCUT2D eigenvalue weighted by atomic mass is 32.2. The molecule has 0 saturated carbocycles. The zero-order valence-corrected chi connectivity index (χ0v) is 9.11. The lowest BCUT2D eigenvalue weighted by Gasteiger charge is -2.09. The van der Waals surface area contributed by atoms with Gasteiger partial charge in [-0.2, -0.15) is 0 Å². The Morgan fingerprint density at radius 1 is 1.73 bits per heavy atom. The molecule has 0 spiro atoms. The number of amidine groups is 1. The van der Waals surface area contributed by atoms with Crippen molar-refractivity contribution in [3.05, 3.63) is 23.9 Å². The minimum Gasteiger partial charge on any atom is -0.409 e. The van der Waals surface area contributed by atoms with Gasteiger partial charge in [-0.1, -0.05) is 12.1 Å². The fourth-order valence-electron chi connectivity index (χ4n) is 0.961. The second-order valence-electron chi connectivity index (χ2n) is 2.95. The van der Waals surface area contributed by atoms with Crippen molar-refractivity contribution in [1.82, 2.24) is 4.98 Å². The molecule has 1 atom stereocenters. The van der Waals surface area contributed by atoms with E-state index in [0.717, 1.165) is 0 Å². The molecule has 1 heterocycles. The molecule has 1 aromatic heterocycles. The lowest BCUT2D eigenvalue weighted by molar-refractivity contribution is 0.300. The zero-order valence-electron chi connectivity index (χ0n) is 8.29. The zero-order chi connectivity index (χ0) is 11.3. The molecule has 0 aromatic carbocycles. The van der Waals surface area contributed by atoms with Crippen LogP contribution in [-0.2, 0) is 0 Å². The summed E-state index contributed by atoms with van der Waals surface area (Å²) in [6, 6.07) is 3.43. The third kappa shape index (κ3) is 3.10. The molecule has 5 nitrogen and oxygen atoms in total. The second kappa shape index (κ2) is 5.57. The van der Waals surface area contributed by atoms with Gasteiger partial charge < -0.3 is 16.0 Å². The lowest BCUT2D eigenvalue weighted by atomic mass is 10.3. The molecule has 82 valence electrons. The summed E-state index contributed by atoms with van der Waals surface area (Å²) in [6.07, 6.45) is 1.63. The minimum atomic E-state index is 0.0187. The molecular weight excluding hydrogens is 214 g/mol. The lowest BCUT2D eigenvalue weighted by Crippen LogP contribution is -2.15. The van der Waals surface area contributed by atoms with E-state index in [0.29, 0.717) is 10.6 Å².